The van der Waals surface area contributed by atoms with E-state index in [9.17, 15) is 0 Å². The van der Waals surface area contributed by atoms with Crippen LogP contribution in [0.3, 0.4) is 0 Å². The monoisotopic (exact) mass is 772 g/mol. The maximum atomic E-state index is 2.41. The van der Waals surface area contributed by atoms with Gasteiger partial charge in [0, 0.05) is 38.9 Å². The molecule has 0 N–H and O–H groups in total. The summed E-state index contributed by atoms with van der Waals surface area (Å²) in [5, 5.41) is 2.50. The second-order valence-electron chi connectivity index (χ2n) is 16.4. The number of rotatable bonds is 9. The molecule has 0 unspecified atom stereocenters. The van der Waals surface area contributed by atoms with E-state index in [-0.39, 0.29) is 5.41 Å². The Morgan fingerprint density at radius 2 is 1.10 bits per heavy atom. The van der Waals surface area contributed by atoms with E-state index in [1.165, 1.54) is 77.5 Å². The van der Waals surface area contributed by atoms with Crippen LogP contribution in [0.5, 0.6) is 0 Å². The highest BCUT2D eigenvalue weighted by Crippen LogP contribution is 2.50. The predicted molar refractivity (Wildman–Crippen MR) is 257 cm³/mol. The number of nitrogens with zero attached hydrogens (tertiary/aromatic N) is 2. The first-order chi connectivity index (χ1) is 29.4. The molecule has 0 fully saturated rings. The number of anilines is 3. The normalized spacial score (nSPS) is 13.2. The summed E-state index contributed by atoms with van der Waals surface area (Å²) in [5.74, 6) is 0. The number of hydrogen-bond acceptors (Lipinski definition) is 1. The molecule has 0 atom stereocenters. The summed E-state index contributed by atoms with van der Waals surface area (Å²) in [7, 11) is 0. The van der Waals surface area contributed by atoms with Crippen molar-refractivity contribution in [3.8, 4) is 39.1 Å². The number of fused-ring (bicyclic) bond motifs is 6. The molecule has 1 aromatic heterocycles. The fourth-order valence-electron chi connectivity index (χ4n) is 9.43. The molecule has 0 saturated heterocycles. The number of para-hydroxylation sites is 1. The van der Waals surface area contributed by atoms with Crippen LogP contribution in [0.1, 0.15) is 50.8 Å². The first kappa shape index (κ1) is 37.1. The van der Waals surface area contributed by atoms with Crippen molar-refractivity contribution in [2.45, 2.75) is 39.5 Å². The molecule has 290 valence electrons. The van der Waals surface area contributed by atoms with Crippen molar-refractivity contribution in [1.82, 2.24) is 4.57 Å². The molecule has 10 rings (SSSR count). The Kier molecular flexibility index (Phi) is 9.42. The van der Waals surface area contributed by atoms with Crippen LogP contribution in [0.4, 0.5) is 17.1 Å². The molecule has 60 heavy (non-hydrogen) atoms. The summed E-state index contributed by atoms with van der Waals surface area (Å²) in [5.41, 5.74) is 19.6. The van der Waals surface area contributed by atoms with Gasteiger partial charge in [-0.25, -0.2) is 0 Å². The predicted octanol–water partition coefficient (Wildman–Crippen LogP) is 16.3. The van der Waals surface area contributed by atoms with Crippen LogP contribution in [0.15, 0.2) is 206 Å². The van der Waals surface area contributed by atoms with Crippen molar-refractivity contribution in [3.05, 3.63) is 223 Å². The van der Waals surface area contributed by atoms with Crippen molar-refractivity contribution < 1.29 is 0 Å². The summed E-state index contributed by atoms with van der Waals surface area (Å²) < 4.78 is 2.39. The lowest BCUT2D eigenvalue weighted by molar-refractivity contribution is 0.660. The van der Waals surface area contributed by atoms with E-state index < -0.39 is 0 Å². The Hall–Kier alpha value is -7.16. The summed E-state index contributed by atoms with van der Waals surface area (Å²) in [4.78, 5) is 2.41. The number of allylic oxidation sites excluding steroid dienone is 4. The van der Waals surface area contributed by atoms with Crippen molar-refractivity contribution in [2.24, 2.45) is 0 Å². The molecule has 0 spiro atoms. The maximum absolute atomic E-state index is 2.41. The molecular formula is C58H48N2. The van der Waals surface area contributed by atoms with Gasteiger partial charge in [-0.2, -0.15) is 0 Å². The van der Waals surface area contributed by atoms with E-state index in [4.69, 9.17) is 0 Å². The van der Waals surface area contributed by atoms with E-state index in [1.54, 1.807) is 0 Å². The lowest BCUT2D eigenvalue weighted by Gasteiger charge is -2.28. The van der Waals surface area contributed by atoms with Gasteiger partial charge in [-0.15, -0.1) is 0 Å². The third-order valence-corrected chi connectivity index (χ3v) is 12.4. The van der Waals surface area contributed by atoms with Gasteiger partial charge >= 0.3 is 0 Å². The fourth-order valence-corrected chi connectivity index (χ4v) is 9.43. The van der Waals surface area contributed by atoms with Gasteiger partial charge in [-0.1, -0.05) is 160 Å². The van der Waals surface area contributed by atoms with Crippen LogP contribution >= 0.6 is 0 Å². The summed E-state index contributed by atoms with van der Waals surface area (Å²) in [6, 6.07) is 69.3. The van der Waals surface area contributed by atoms with Crippen molar-refractivity contribution in [1.29, 1.82) is 0 Å². The van der Waals surface area contributed by atoms with Gasteiger partial charge in [0.15, 0.2) is 0 Å². The van der Waals surface area contributed by atoms with Gasteiger partial charge in [-0.3, -0.25) is 0 Å². The van der Waals surface area contributed by atoms with Gasteiger partial charge in [-0.05, 0) is 136 Å². The van der Waals surface area contributed by atoms with Gasteiger partial charge in [0.25, 0.3) is 0 Å². The number of benzene rings is 8. The summed E-state index contributed by atoms with van der Waals surface area (Å²) >= 11 is 0. The third-order valence-electron chi connectivity index (χ3n) is 12.4. The highest BCUT2D eigenvalue weighted by atomic mass is 15.1. The Labute approximate surface area is 354 Å². The lowest BCUT2D eigenvalue weighted by atomic mass is 9.82. The zero-order valence-corrected chi connectivity index (χ0v) is 34.7. The Bertz CT molecular complexity index is 3070. The van der Waals surface area contributed by atoms with Crippen LogP contribution < -0.4 is 4.90 Å². The zero-order valence-electron chi connectivity index (χ0n) is 34.7. The first-order valence-electron chi connectivity index (χ1n) is 21.2. The van der Waals surface area contributed by atoms with Crippen LogP contribution in [0.25, 0.3) is 66.4 Å². The minimum atomic E-state index is -0.0962. The summed E-state index contributed by atoms with van der Waals surface area (Å²) in [6.07, 6.45) is 7.61. The standard InChI is InChI=1S/C58H48N2/c1-5-14-40(15-6-2)42-22-29-46(30-23-42)59(49-35-36-51-50-18-10-12-20-54(50)58(3,4)55(51)39-49)47-31-26-44(27-32-47)45-28-37-57-53(38-45)52-19-11-13-21-56(52)60(57)48-33-24-43(25-34-48)41-16-8-7-9-17-41/h5,7-39H,6H2,1-4H3/b14-5-,40-15+. The van der Waals surface area contributed by atoms with E-state index in [2.05, 4.69) is 243 Å². The lowest BCUT2D eigenvalue weighted by Crippen LogP contribution is -2.16. The quantitative estimate of drug-likeness (QED) is 0.133. The molecule has 0 bridgehead atoms. The van der Waals surface area contributed by atoms with Crippen LogP contribution in [-0.4, -0.2) is 4.57 Å². The van der Waals surface area contributed by atoms with E-state index in [0.29, 0.717) is 0 Å². The SMILES string of the molecule is C/C=C\C(=C/CC)c1ccc(N(c2ccc(-c3ccc4c(c3)c3ccccc3n4-c3ccc(-c4ccccc4)cc3)cc2)c2ccc3c(c2)C(C)(C)c2ccccc2-3)cc1. The first-order valence-corrected chi connectivity index (χ1v) is 21.2. The van der Waals surface area contributed by atoms with E-state index in [0.717, 1.165) is 29.2 Å². The average molecular weight is 773 g/mol. The fraction of sp³-hybridized carbons (Fsp3) is 0.103. The van der Waals surface area contributed by atoms with Crippen LogP contribution in [-0.2, 0) is 5.41 Å². The number of hydrogen-bond donors (Lipinski definition) is 0. The molecule has 0 radical (unpaired) electrons. The molecule has 8 aromatic carbocycles. The summed E-state index contributed by atoms with van der Waals surface area (Å²) in [6.45, 7) is 8.99. The minimum absolute atomic E-state index is 0.0962. The third kappa shape index (κ3) is 6.37. The Balaban J connectivity index is 1.04. The van der Waals surface area contributed by atoms with Crippen molar-refractivity contribution >= 4 is 44.4 Å². The van der Waals surface area contributed by atoms with Gasteiger partial charge in [0.2, 0.25) is 0 Å². The second-order valence-corrected chi connectivity index (χ2v) is 16.4. The van der Waals surface area contributed by atoms with Gasteiger partial charge in [0.1, 0.15) is 0 Å². The van der Waals surface area contributed by atoms with Crippen molar-refractivity contribution in [2.75, 3.05) is 4.90 Å². The highest BCUT2D eigenvalue weighted by Gasteiger charge is 2.35. The molecule has 0 saturated carbocycles. The van der Waals surface area contributed by atoms with Gasteiger partial charge < -0.3 is 9.47 Å². The topological polar surface area (TPSA) is 8.17 Å². The Morgan fingerprint density at radius 3 is 1.85 bits per heavy atom. The van der Waals surface area contributed by atoms with E-state index in [1.807, 2.05) is 0 Å². The molecule has 2 heteroatoms. The molecule has 0 aliphatic heterocycles. The number of aromatic nitrogens is 1. The van der Waals surface area contributed by atoms with Crippen LogP contribution in [0.2, 0.25) is 0 Å². The average Bonchev–Trinajstić information content (AvgIpc) is 3.75. The smallest absolute Gasteiger partial charge is 0.0541 e. The molecule has 1 aliphatic carbocycles. The molecule has 1 aliphatic rings. The van der Waals surface area contributed by atoms with E-state index >= 15 is 0 Å². The molecule has 0 amide bonds. The largest absolute Gasteiger partial charge is 0.310 e. The maximum Gasteiger partial charge on any atom is 0.0541 e. The molecule has 9 aromatic rings. The second kappa shape index (κ2) is 15.2. The minimum Gasteiger partial charge on any atom is -0.310 e. The van der Waals surface area contributed by atoms with Crippen molar-refractivity contribution in [3.63, 3.8) is 0 Å². The molecule has 2 nitrogen and oxygen atoms in total. The van der Waals surface area contributed by atoms with Crippen LogP contribution in [0, 0.1) is 0 Å². The van der Waals surface area contributed by atoms with Gasteiger partial charge in [0.05, 0.1) is 11.0 Å². The zero-order chi connectivity index (χ0) is 40.8. The molecular weight excluding hydrogens is 725 g/mol. The molecule has 1 heterocycles. The highest BCUT2D eigenvalue weighted by molar-refractivity contribution is 6.10. The Morgan fingerprint density at radius 1 is 0.517 bits per heavy atom.